The molecule has 0 fully saturated rings. The Labute approximate surface area is 157 Å². The van der Waals surface area contributed by atoms with E-state index in [0.29, 0.717) is 24.1 Å². The number of carbonyl (C=O) groups excluding carboxylic acids is 1. The number of phenolic OH excluding ortho intramolecular Hbond substituents is 1. The van der Waals surface area contributed by atoms with Crippen molar-refractivity contribution in [3.63, 3.8) is 0 Å². The molecule has 2 N–H and O–H groups in total. The average Bonchev–Trinajstić information content (AvgIpc) is 2.64. The van der Waals surface area contributed by atoms with Crippen molar-refractivity contribution in [3.05, 3.63) is 69.6 Å². The van der Waals surface area contributed by atoms with E-state index in [-0.39, 0.29) is 11.7 Å². The molecule has 0 spiro atoms. The van der Waals surface area contributed by atoms with Crippen LogP contribution in [0.2, 0.25) is 0 Å². The molecule has 0 saturated carbocycles. The largest absolute Gasteiger partial charge is 0.508 e. The molecule has 0 unspecified atom stereocenters. The van der Waals surface area contributed by atoms with Crippen LogP contribution >= 0.6 is 0 Å². The number of hydrogen-bond acceptors (Lipinski definition) is 5. The summed E-state index contributed by atoms with van der Waals surface area (Å²) in [6.07, 6.45) is 0.362. The van der Waals surface area contributed by atoms with Crippen LogP contribution < -0.4 is 10.9 Å². The van der Waals surface area contributed by atoms with Gasteiger partial charge in [0.2, 0.25) is 5.91 Å². The molecule has 140 valence electrons. The molecular formula is C21H22N2O4. The molecule has 1 heterocycles. The highest BCUT2D eigenvalue weighted by Gasteiger charge is 2.11. The van der Waals surface area contributed by atoms with Crippen LogP contribution in [0.4, 0.5) is 5.69 Å². The van der Waals surface area contributed by atoms with E-state index < -0.39 is 5.63 Å². The SMILES string of the molecule is Cc1c(O)ccc2c(CNc3ccc(CC(=O)N(C)C)cc3)cc(=O)oc12. The summed E-state index contributed by atoms with van der Waals surface area (Å²) in [5, 5.41) is 13.9. The number of benzene rings is 2. The Bertz CT molecular complexity index is 1040. The van der Waals surface area contributed by atoms with Gasteiger partial charge in [-0.2, -0.15) is 0 Å². The van der Waals surface area contributed by atoms with Gasteiger partial charge in [0.15, 0.2) is 0 Å². The quantitative estimate of drug-likeness (QED) is 0.678. The first-order valence-electron chi connectivity index (χ1n) is 8.63. The van der Waals surface area contributed by atoms with Crippen LogP contribution in [-0.4, -0.2) is 30.0 Å². The second-order valence-corrected chi connectivity index (χ2v) is 6.69. The first-order valence-corrected chi connectivity index (χ1v) is 8.63. The zero-order valence-electron chi connectivity index (χ0n) is 15.6. The Morgan fingerprint density at radius 1 is 1.15 bits per heavy atom. The maximum absolute atomic E-state index is 11.9. The molecule has 0 aliphatic heterocycles. The third-order valence-corrected chi connectivity index (χ3v) is 4.51. The summed E-state index contributed by atoms with van der Waals surface area (Å²) in [6, 6.07) is 12.4. The summed E-state index contributed by atoms with van der Waals surface area (Å²) in [5.41, 5.74) is 3.10. The Morgan fingerprint density at radius 2 is 1.85 bits per heavy atom. The fourth-order valence-electron chi connectivity index (χ4n) is 2.83. The molecule has 0 aliphatic carbocycles. The van der Waals surface area contributed by atoms with E-state index in [9.17, 15) is 14.7 Å². The molecular weight excluding hydrogens is 344 g/mol. The van der Waals surface area contributed by atoms with E-state index >= 15 is 0 Å². The highest BCUT2D eigenvalue weighted by molar-refractivity contribution is 5.85. The summed E-state index contributed by atoms with van der Waals surface area (Å²) in [5.74, 6) is 0.149. The molecule has 6 heteroatoms. The van der Waals surface area contributed by atoms with E-state index in [2.05, 4.69) is 5.32 Å². The number of carbonyl (C=O) groups is 1. The predicted octanol–water partition coefficient (Wildman–Crippen LogP) is 3.05. The maximum atomic E-state index is 11.9. The van der Waals surface area contributed by atoms with E-state index in [4.69, 9.17) is 4.42 Å². The fraction of sp³-hybridized carbons (Fsp3) is 0.238. The number of likely N-dealkylation sites (N-methyl/N-ethyl adjacent to an activating group) is 1. The zero-order valence-corrected chi connectivity index (χ0v) is 15.6. The van der Waals surface area contributed by atoms with Crippen LogP contribution in [-0.2, 0) is 17.8 Å². The number of amides is 1. The van der Waals surface area contributed by atoms with Gasteiger partial charge in [0.25, 0.3) is 0 Å². The number of phenols is 1. The van der Waals surface area contributed by atoms with Gasteiger partial charge < -0.3 is 19.7 Å². The van der Waals surface area contributed by atoms with Gasteiger partial charge in [-0.1, -0.05) is 12.1 Å². The molecule has 1 aromatic heterocycles. The topological polar surface area (TPSA) is 82.8 Å². The number of aromatic hydroxyl groups is 1. The lowest BCUT2D eigenvalue weighted by molar-refractivity contribution is -0.127. The summed E-state index contributed by atoms with van der Waals surface area (Å²) in [4.78, 5) is 25.2. The van der Waals surface area contributed by atoms with Gasteiger partial charge in [-0.15, -0.1) is 0 Å². The summed E-state index contributed by atoms with van der Waals surface area (Å²) < 4.78 is 5.26. The molecule has 2 aromatic carbocycles. The number of rotatable bonds is 5. The van der Waals surface area contributed by atoms with Gasteiger partial charge in [0.05, 0.1) is 6.42 Å². The van der Waals surface area contributed by atoms with Crippen LogP contribution in [0.3, 0.4) is 0 Å². The van der Waals surface area contributed by atoms with E-state index in [1.807, 2.05) is 24.3 Å². The lowest BCUT2D eigenvalue weighted by Crippen LogP contribution is -2.23. The molecule has 0 saturated heterocycles. The first-order chi connectivity index (χ1) is 12.8. The smallest absolute Gasteiger partial charge is 0.336 e. The molecule has 27 heavy (non-hydrogen) atoms. The second-order valence-electron chi connectivity index (χ2n) is 6.69. The third kappa shape index (κ3) is 4.11. The number of hydrogen-bond donors (Lipinski definition) is 2. The lowest BCUT2D eigenvalue weighted by atomic mass is 10.1. The summed E-state index contributed by atoms with van der Waals surface area (Å²) >= 11 is 0. The van der Waals surface area contributed by atoms with Crippen molar-refractivity contribution in [3.8, 4) is 5.75 Å². The number of nitrogens with zero attached hydrogens (tertiary/aromatic N) is 1. The van der Waals surface area contributed by atoms with Gasteiger partial charge in [0, 0.05) is 43.3 Å². The highest BCUT2D eigenvalue weighted by Crippen LogP contribution is 2.27. The van der Waals surface area contributed by atoms with Crippen LogP contribution in [0, 0.1) is 6.92 Å². The molecule has 0 atom stereocenters. The Morgan fingerprint density at radius 3 is 2.52 bits per heavy atom. The number of aryl methyl sites for hydroxylation is 1. The molecule has 0 aliphatic rings. The first kappa shape index (κ1) is 18.5. The number of anilines is 1. The van der Waals surface area contributed by atoms with Crippen LogP contribution in [0.15, 0.2) is 51.7 Å². The number of fused-ring (bicyclic) bond motifs is 1. The standard InChI is InChI=1S/C21H22N2O4/c1-13-18(24)9-8-17-15(11-20(26)27-21(13)17)12-22-16-6-4-14(5-7-16)10-19(25)23(2)3/h4-9,11,22,24H,10,12H2,1-3H3. The lowest BCUT2D eigenvalue weighted by Gasteiger charge is -2.12. The zero-order chi connectivity index (χ0) is 19.6. The van der Waals surface area contributed by atoms with E-state index in [1.165, 1.54) is 6.07 Å². The maximum Gasteiger partial charge on any atom is 0.336 e. The summed E-state index contributed by atoms with van der Waals surface area (Å²) in [6.45, 7) is 2.15. The van der Waals surface area contributed by atoms with Crippen molar-refractivity contribution in [2.45, 2.75) is 19.9 Å². The van der Waals surface area contributed by atoms with Gasteiger partial charge in [-0.05, 0) is 42.3 Å². The minimum Gasteiger partial charge on any atom is -0.508 e. The van der Waals surface area contributed by atoms with Crippen molar-refractivity contribution < 1.29 is 14.3 Å². The van der Waals surface area contributed by atoms with Crippen molar-refractivity contribution in [1.82, 2.24) is 4.90 Å². The fourth-order valence-corrected chi connectivity index (χ4v) is 2.83. The van der Waals surface area contributed by atoms with Crippen LogP contribution in [0.1, 0.15) is 16.7 Å². The minimum atomic E-state index is -0.453. The number of nitrogens with one attached hydrogen (secondary N) is 1. The Kier molecular flexibility index (Phi) is 5.16. The van der Waals surface area contributed by atoms with Crippen molar-refractivity contribution in [1.29, 1.82) is 0 Å². The van der Waals surface area contributed by atoms with Gasteiger partial charge in [-0.3, -0.25) is 4.79 Å². The monoisotopic (exact) mass is 366 g/mol. The van der Waals surface area contributed by atoms with Gasteiger partial charge >= 0.3 is 5.63 Å². The second kappa shape index (κ2) is 7.53. The molecule has 1 amide bonds. The van der Waals surface area contributed by atoms with Gasteiger partial charge in [-0.25, -0.2) is 4.79 Å². The van der Waals surface area contributed by atoms with E-state index in [0.717, 1.165) is 22.2 Å². The molecule has 3 aromatic rings. The summed E-state index contributed by atoms with van der Waals surface area (Å²) in [7, 11) is 3.47. The molecule has 3 rings (SSSR count). The Hall–Kier alpha value is -3.28. The molecule has 0 bridgehead atoms. The molecule has 6 nitrogen and oxygen atoms in total. The van der Waals surface area contributed by atoms with Crippen LogP contribution in [0.25, 0.3) is 11.0 Å². The normalized spacial score (nSPS) is 10.8. The average molecular weight is 366 g/mol. The van der Waals surface area contributed by atoms with Crippen molar-refractivity contribution >= 4 is 22.6 Å². The van der Waals surface area contributed by atoms with Crippen molar-refractivity contribution in [2.24, 2.45) is 0 Å². The van der Waals surface area contributed by atoms with Crippen LogP contribution in [0.5, 0.6) is 5.75 Å². The Balaban J connectivity index is 1.78. The van der Waals surface area contributed by atoms with Gasteiger partial charge in [0.1, 0.15) is 11.3 Å². The minimum absolute atomic E-state index is 0.0526. The third-order valence-electron chi connectivity index (χ3n) is 4.51. The highest BCUT2D eigenvalue weighted by atomic mass is 16.4. The van der Waals surface area contributed by atoms with E-state index in [1.54, 1.807) is 38.1 Å². The van der Waals surface area contributed by atoms with Crippen molar-refractivity contribution in [2.75, 3.05) is 19.4 Å². The molecule has 0 radical (unpaired) electrons. The predicted molar refractivity (Wildman–Crippen MR) is 105 cm³/mol.